The number of likely N-dealkylation sites (tertiary alicyclic amines) is 1. The fourth-order valence-electron chi connectivity index (χ4n) is 5.63. The summed E-state index contributed by atoms with van der Waals surface area (Å²) in [6, 6.07) is 12.8. The summed E-state index contributed by atoms with van der Waals surface area (Å²) >= 11 is 0. The summed E-state index contributed by atoms with van der Waals surface area (Å²) in [5.74, 6) is -2.71. The van der Waals surface area contributed by atoms with E-state index in [1.165, 1.54) is 4.90 Å². The van der Waals surface area contributed by atoms with Crippen LogP contribution in [0.2, 0.25) is 0 Å². The van der Waals surface area contributed by atoms with Crippen LogP contribution in [0.15, 0.2) is 42.5 Å². The number of carbonyl (C=O) groups excluding carboxylic acids is 3. The van der Waals surface area contributed by atoms with Crippen molar-refractivity contribution in [2.45, 2.75) is 44.9 Å². The van der Waals surface area contributed by atoms with Gasteiger partial charge < -0.3 is 10.4 Å². The minimum atomic E-state index is -1.37. The molecule has 0 bridgehead atoms. The van der Waals surface area contributed by atoms with E-state index in [4.69, 9.17) is 0 Å². The standard InChI is InChI=1S/C25H27N3O4/c1-13-9-10-17-20(14(13)2)26-24(32)25(17)19-18(21(27-25)15(3)29)22(30)28(23(19)31)12-11-16-7-5-4-6-8-16/h4-10,15,18-19,21,27,29H,11-12H2,1-3H3,(H,26,32)/t15-,18+,19-,21-,25+/m1/s1. The number of rotatable bonds is 4. The Morgan fingerprint density at radius 1 is 1.06 bits per heavy atom. The van der Waals surface area contributed by atoms with E-state index in [-0.39, 0.29) is 24.3 Å². The number of amides is 3. The number of nitrogens with zero attached hydrogens (tertiary/aromatic N) is 1. The third-order valence-corrected chi connectivity index (χ3v) is 7.43. The third kappa shape index (κ3) is 2.71. The van der Waals surface area contributed by atoms with Crippen molar-refractivity contribution >= 4 is 23.4 Å². The number of carbonyl (C=O) groups is 3. The lowest BCUT2D eigenvalue weighted by atomic mass is 9.76. The molecule has 2 saturated heterocycles. The maximum atomic E-state index is 13.7. The number of benzene rings is 2. The maximum Gasteiger partial charge on any atom is 0.250 e. The second-order valence-electron chi connectivity index (χ2n) is 9.17. The van der Waals surface area contributed by atoms with E-state index in [2.05, 4.69) is 10.6 Å². The highest BCUT2D eigenvalue weighted by Gasteiger charge is 2.71. The normalized spacial score (nSPS) is 29.4. The molecule has 1 spiro atoms. The van der Waals surface area contributed by atoms with Crippen molar-refractivity contribution in [2.24, 2.45) is 11.8 Å². The van der Waals surface area contributed by atoms with E-state index >= 15 is 0 Å². The molecule has 3 aliphatic rings. The molecule has 0 radical (unpaired) electrons. The summed E-state index contributed by atoms with van der Waals surface area (Å²) in [5.41, 5.74) is 2.99. The van der Waals surface area contributed by atoms with Gasteiger partial charge in [-0.15, -0.1) is 0 Å². The van der Waals surface area contributed by atoms with Gasteiger partial charge in [0.15, 0.2) is 0 Å². The fraction of sp³-hybridized carbons (Fsp3) is 0.400. The molecule has 2 aromatic rings. The van der Waals surface area contributed by atoms with Crippen molar-refractivity contribution in [3.05, 3.63) is 64.7 Å². The third-order valence-electron chi connectivity index (χ3n) is 7.43. The number of aliphatic hydroxyl groups is 1. The number of hydrogen-bond donors (Lipinski definition) is 3. The Morgan fingerprint density at radius 2 is 1.78 bits per heavy atom. The Balaban J connectivity index is 1.57. The van der Waals surface area contributed by atoms with Crippen LogP contribution in [-0.4, -0.2) is 46.4 Å². The van der Waals surface area contributed by atoms with Crippen LogP contribution in [-0.2, 0) is 26.3 Å². The molecular formula is C25H27N3O4. The number of imide groups is 1. The molecule has 2 aromatic carbocycles. The number of aryl methyl sites for hydroxylation is 1. The summed E-state index contributed by atoms with van der Waals surface area (Å²) in [4.78, 5) is 41.8. The van der Waals surface area contributed by atoms with Gasteiger partial charge in [-0.1, -0.05) is 42.5 Å². The van der Waals surface area contributed by atoms with Gasteiger partial charge in [-0.05, 0) is 43.9 Å². The monoisotopic (exact) mass is 433 g/mol. The molecule has 3 aliphatic heterocycles. The topological polar surface area (TPSA) is 98.7 Å². The van der Waals surface area contributed by atoms with Crippen LogP contribution in [0, 0.1) is 25.7 Å². The van der Waals surface area contributed by atoms with Crippen molar-refractivity contribution in [2.75, 3.05) is 11.9 Å². The summed E-state index contributed by atoms with van der Waals surface area (Å²) < 4.78 is 0. The second-order valence-corrected chi connectivity index (χ2v) is 9.17. The molecule has 3 N–H and O–H groups in total. The van der Waals surface area contributed by atoms with E-state index in [1.807, 2.05) is 56.3 Å². The van der Waals surface area contributed by atoms with Crippen LogP contribution in [0.5, 0.6) is 0 Å². The smallest absolute Gasteiger partial charge is 0.250 e. The summed E-state index contributed by atoms with van der Waals surface area (Å²) in [5, 5.41) is 16.7. The molecule has 5 atom stereocenters. The van der Waals surface area contributed by atoms with Gasteiger partial charge in [0.25, 0.3) is 0 Å². The van der Waals surface area contributed by atoms with Crippen molar-refractivity contribution in [1.29, 1.82) is 0 Å². The number of nitrogens with one attached hydrogen (secondary N) is 2. The molecule has 0 aromatic heterocycles. The van der Waals surface area contributed by atoms with Crippen LogP contribution in [0.3, 0.4) is 0 Å². The highest BCUT2D eigenvalue weighted by Crippen LogP contribution is 2.54. The predicted octanol–water partition coefficient (Wildman–Crippen LogP) is 1.65. The van der Waals surface area contributed by atoms with E-state index in [9.17, 15) is 19.5 Å². The Bertz CT molecular complexity index is 1130. The van der Waals surface area contributed by atoms with Crippen LogP contribution in [0.25, 0.3) is 0 Å². The van der Waals surface area contributed by atoms with E-state index in [0.29, 0.717) is 17.7 Å². The zero-order valence-electron chi connectivity index (χ0n) is 18.4. The molecule has 0 aliphatic carbocycles. The Morgan fingerprint density at radius 3 is 2.47 bits per heavy atom. The molecule has 2 fully saturated rings. The lowest BCUT2D eigenvalue weighted by Gasteiger charge is -2.30. The molecule has 7 heteroatoms. The summed E-state index contributed by atoms with van der Waals surface area (Å²) in [7, 11) is 0. The quantitative estimate of drug-likeness (QED) is 0.637. The Labute approximate surface area is 186 Å². The highest BCUT2D eigenvalue weighted by molar-refractivity contribution is 6.15. The summed E-state index contributed by atoms with van der Waals surface area (Å²) in [6.45, 7) is 5.73. The number of anilines is 1. The minimum absolute atomic E-state index is 0.249. The molecule has 0 saturated carbocycles. The van der Waals surface area contributed by atoms with E-state index in [0.717, 1.165) is 16.7 Å². The molecule has 0 unspecified atom stereocenters. The van der Waals surface area contributed by atoms with Gasteiger partial charge in [-0.2, -0.15) is 0 Å². The Hall–Kier alpha value is -3.03. The SMILES string of the molecule is Cc1ccc2c(c1C)NC(=O)[C@]21N[C@H]([C@@H](C)O)[C@H]2C(=O)N(CCc3ccccc3)C(=O)[C@@H]21. The maximum absolute atomic E-state index is 13.7. The first-order valence-corrected chi connectivity index (χ1v) is 11.0. The zero-order chi connectivity index (χ0) is 22.8. The number of fused-ring (bicyclic) bond motifs is 4. The first-order valence-electron chi connectivity index (χ1n) is 11.0. The molecule has 166 valence electrons. The van der Waals surface area contributed by atoms with Gasteiger partial charge in [0.05, 0.1) is 17.9 Å². The minimum Gasteiger partial charge on any atom is -0.392 e. The van der Waals surface area contributed by atoms with Gasteiger partial charge in [0, 0.05) is 23.8 Å². The molecule has 5 rings (SSSR count). The van der Waals surface area contributed by atoms with Crippen LogP contribution < -0.4 is 10.6 Å². The van der Waals surface area contributed by atoms with E-state index in [1.54, 1.807) is 6.92 Å². The zero-order valence-corrected chi connectivity index (χ0v) is 18.4. The molecule has 32 heavy (non-hydrogen) atoms. The van der Waals surface area contributed by atoms with E-state index < -0.39 is 29.5 Å². The van der Waals surface area contributed by atoms with Crippen LogP contribution in [0.4, 0.5) is 5.69 Å². The first kappa shape index (κ1) is 20.8. The van der Waals surface area contributed by atoms with Gasteiger partial charge in [-0.3, -0.25) is 24.6 Å². The largest absolute Gasteiger partial charge is 0.392 e. The lowest BCUT2D eigenvalue weighted by Crippen LogP contribution is -2.55. The van der Waals surface area contributed by atoms with Gasteiger partial charge >= 0.3 is 0 Å². The summed E-state index contributed by atoms with van der Waals surface area (Å²) in [6.07, 6.45) is -0.366. The number of aliphatic hydroxyl groups excluding tert-OH is 1. The second kappa shape index (κ2) is 7.25. The predicted molar refractivity (Wildman–Crippen MR) is 119 cm³/mol. The van der Waals surface area contributed by atoms with Crippen molar-refractivity contribution in [3.8, 4) is 0 Å². The Kier molecular flexibility index (Phi) is 4.72. The molecule has 7 nitrogen and oxygen atoms in total. The average molecular weight is 434 g/mol. The van der Waals surface area contributed by atoms with Gasteiger partial charge in [0.2, 0.25) is 17.7 Å². The van der Waals surface area contributed by atoms with Crippen molar-refractivity contribution in [1.82, 2.24) is 10.2 Å². The first-order chi connectivity index (χ1) is 15.3. The van der Waals surface area contributed by atoms with Crippen LogP contribution in [0.1, 0.15) is 29.2 Å². The van der Waals surface area contributed by atoms with Crippen LogP contribution >= 0.6 is 0 Å². The van der Waals surface area contributed by atoms with Crippen molar-refractivity contribution in [3.63, 3.8) is 0 Å². The molecular weight excluding hydrogens is 406 g/mol. The average Bonchev–Trinajstić information content (AvgIpc) is 3.36. The highest BCUT2D eigenvalue weighted by atomic mass is 16.3. The molecule has 3 heterocycles. The number of hydrogen-bond acceptors (Lipinski definition) is 5. The molecule has 3 amide bonds. The fourth-order valence-corrected chi connectivity index (χ4v) is 5.63. The van der Waals surface area contributed by atoms with Gasteiger partial charge in [0.1, 0.15) is 5.54 Å². The van der Waals surface area contributed by atoms with Gasteiger partial charge in [-0.25, -0.2) is 0 Å². The van der Waals surface area contributed by atoms with Crippen molar-refractivity contribution < 1.29 is 19.5 Å². The lowest BCUT2D eigenvalue weighted by molar-refractivity contribution is -0.143.